The lowest BCUT2D eigenvalue weighted by Gasteiger charge is -2.26. The van der Waals surface area contributed by atoms with Crippen molar-refractivity contribution in [2.24, 2.45) is 0 Å². The Bertz CT molecular complexity index is 898. The van der Waals surface area contributed by atoms with Crippen LogP contribution in [0.3, 0.4) is 0 Å². The molecule has 0 saturated heterocycles. The number of benzene rings is 2. The van der Waals surface area contributed by atoms with Crippen LogP contribution in [0.1, 0.15) is 37.5 Å². The van der Waals surface area contributed by atoms with Gasteiger partial charge >= 0.3 is 12.1 Å². The molecule has 0 radical (unpaired) electrons. The number of nitrogens with zero attached hydrogens (tertiary/aromatic N) is 1. The number of rotatable bonds is 6. The van der Waals surface area contributed by atoms with E-state index in [1.165, 1.54) is 17.9 Å². The van der Waals surface area contributed by atoms with Crippen molar-refractivity contribution in [3.8, 4) is 11.1 Å². The zero-order valence-electron chi connectivity index (χ0n) is 16.3. The second kappa shape index (κ2) is 9.31. The summed E-state index contributed by atoms with van der Waals surface area (Å²) in [7, 11) is 0. The molecule has 0 aliphatic heterocycles. The van der Waals surface area contributed by atoms with Crippen LogP contribution in [-0.4, -0.2) is 23.3 Å². The van der Waals surface area contributed by atoms with E-state index in [9.17, 15) is 22.8 Å². The van der Waals surface area contributed by atoms with Crippen LogP contribution in [0.4, 0.5) is 13.2 Å². The van der Waals surface area contributed by atoms with Gasteiger partial charge in [0.2, 0.25) is 5.91 Å². The quantitative estimate of drug-likeness (QED) is 0.575. The van der Waals surface area contributed by atoms with E-state index in [1.807, 2.05) is 0 Å². The molecular formula is C21H21ClF3NO3. The molecule has 0 spiro atoms. The van der Waals surface area contributed by atoms with Gasteiger partial charge in [0, 0.05) is 32.5 Å². The number of esters is 1. The fourth-order valence-corrected chi connectivity index (χ4v) is 3.41. The van der Waals surface area contributed by atoms with Gasteiger partial charge in [-0.05, 0) is 29.7 Å². The van der Waals surface area contributed by atoms with Crippen molar-refractivity contribution in [1.29, 1.82) is 0 Å². The van der Waals surface area contributed by atoms with E-state index < -0.39 is 29.3 Å². The molecule has 1 amide bonds. The first-order valence-corrected chi connectivity index (χ1v) is 9.29. The van der Waals surface area contributed by atoms with Crippen LogP contribution < -0.4 is 0 Å². The Balaban J connectivity index is 2.83. The average Bonchev–Trinajstić information content (AvgIpc) is 2.64. The summed E-state index contributed by atoms with van der Waals surface area (Å²) in [5, 5.41) is -0.492. The van der Waals surface area contributed by atoms with Gasteiger partial charge in [-0.3, -0.25) is 9.59 Å². The maximum absolute atomic E-state index is 13.8. The molecule has 156 valence electrons. The van der Waals surface area contributed by atoms with Gasteiger partial charge in [0.15, 0.2) is 0 Å². The molecule has 0 N–H and O–H groups in total. The van der Waals surface area contributed by atoms with Crippen molar-refractivity contribution in [2.45, 2.75) is 40.1 Å². The minimum atomic E-state index is -4.76. The second-order valence-electron chi connectivity index (χ2n) is 6.42. The van der Waals surface area contributed by atoms with Crippen LogP contribution in [0.5, 0.6) is 0 Å². The summed E-state index contributed by atoms with van der Waals surface area (Å²) in [6.07, 6.45) is -4.76. The third-order valence-corrected chi connectivity index (χ3v) is 4.76. The van der Waals surface area contributed by atoms with Gasteiger partial charge in [-0.1, -0.05) is 41.9 Å². The highest BCUT2D eigenvalue weighted by molar-refractivity contribution is 6.32. The lowest BCUT2D eigenvalue weighted by molar-refractivity contribution is -0.145. The topological polar surface area (TPSA) is 46.6 Å². The van der Waals surface area contributed by atoms with Crippen molar-refractivity contribution in [1.82, 2.24) is 4.90 Å². The first-order chi connectivity index (χ1) is 13.6. The Morgan fingerprint density at radius 3 is 2.21 bits per heavy atom. The summed E-state index contributed by atoms with van der Waals surface area (Å²) in [6.45, 7) is 3.82. The van der Waals surface area contributed by atoms with Crippen LogP contribution >= 0.6 is 11.6 Å². The average molecular weight is 428 g/mol. The predicted molar refractivity (Wildman–Crippen MR) is 104 cm³/mol. The molecule has 2 aromatic rings. The standard InChI is InChI=1S/C21H21ClF3NO3/c1-4-26(13(2)27)11-17-16(15-8-6-5-7-9-15)10-19(22)20(21(23,24)25)18(17)12-29-14(3)28/h5-10H,4,11-12H2,1-3H3. The summed E-state index contributed by atoms with van der Waals surface area (Å²) >= 11 is 6.05. The van der Waals surface area contributed by atoms with Gasteiger partial charge in [-0.25, -0.2) is 0 Å². The normalized spacial score (nSPS) is 11.3. The Labute approximate surface area is 172 Å². The summed E-state index contributed by atoms with van der Waals surface area (Å²) in [5.41, 5.74) is 0.0203. The van der Waals surface area contributed by atoms with Crippen molar-refractivity contribution in [3.63, 3.8) is 0 Å². The van der Waals surface area contributed by atoms with Crippen molar-refractivity contribution in [2.75, 3.05) is 6.54 Å². The van der Waals surface area contributed by atoms with E-state index in [1.54, 1.807) is 37.3 Å². The third kappa shape index (κ3) is 5.50. The molecule has 0 fully saturated rings. The largest absolute Gasteiger partial charge is 0.461 e. The van der Waals surface area contributed by atoms with Crippen LogP contribution in [0.2, 0.25) is 5.02 Å². The number of halogens is 4. The molecule has 0 heterocycles. The fraction of sp³-hybridized carbons (Fsp3) is 0.333. The molecule has 0 saturated carbocycles. The Kier molecular flexibility index (Phi) is 7.30. The number of carbonyl (C=O) groups excluding carboxylic acids is 2. The molecule has 2 aromatic carbocycles. The van der Waals surface area contributed by atoms with E-state index in [0.29, 0.717) is 17.7 Å². The second-order valence-corrected chi connectivity index (χ2v) is 6.82. The van der Waals surface area contributed by atoms with E-state index in [2.05, 4.69) is 0 Å². The van der Waals surface area contributed by atoms with Gasteiger partial charge in [-0.2, -0.15) is 13.2 Å². The maximum atomic E-state index is 13.8. The highest BCUT2D eigenvalue weighted by Crippen LogP contribution is 2.43. The number of ether oxygens (including phenoxy) is 1. The summed E-state index contributed by atoms with van der Waals surface area (Å²) in [6, 6.07) is 10.0. The predicted octanol–water partition coefficient (Wildman–Crippen LogP) is 5.46. The molecule has 0 bridgehead atoms. The Morgan fingerprint density at radius 2 is 1.72 bits per heavy atom. The van der Waals surface area contributed by atoms with E-state index >= 15 is 0 Å². The molecule has 29 heavy (non-hydrogen) atoms. The first-order valence-electron chi connectivity index (χ1n) is 8.92. The fourth-order valence-electron chi connectivity index (χ4n) is 3.08. The molecule has 2 rings (SSSR count). The molecule has 0 atom stereocenters. The number of amides is 1. The monoisotopic (exact) mass is 427 g/mol. The van der Waals surface area contributed by atoms with Crippen molar-refractivity contribution in [3.05, 3.63) is 58.1 Å². The zero-order valence-corrected chi connectivity index (χ0v) is 17.0. The molecule has 8 heteroatoms. The Hall–Kier alpha value is -2.54. The molecule has 0 aliphatic carbocycles. The first kappa shape index (κ1) is 22.7. The molecule has 0 aromatic heterocycles. The summed E-state index contributed by atoms with van der Waals surface area (Å²) in [5.74, 6) is -1.00. The van der Waals surface area contributed by atoms with Crippen LogP contribution in [-0.2, 0) is 33.7 Å². The van der Waals surface area contributed by atoms with E-state index in [0.717, 1.165) is 6.92 Å². The molecule has 0 aliphatic rings. The lowest BCUT2D eigenvalue weighted by atomic mass is 9.91. The van der Waals surface area contributed by atoms with Gasteiger partial charge in [-0.15, -0.1) is 0 Å². The number of carbonyl (C=O) groups is 2. The van der Waals surface area contributed by atoms with Crippen LogP contribution in [0, 0.1) is 0 Å². The SMILES string of the molecule is CCN(Cc1c(-c2ccccc2)cc(Cl)c(C(F)(F)F)c1COC(C)=O)C(C)=O. The highest BCUT2D eigenvalue weighted by Gasteiger charge is 2.38. The minimum absolute atomic E-state index is 0.0765. The summed E-state index contributed by atoms with van der Waals surface area (Å²) < 4.78 is 46.4. The van der Waals surface area contributed by atoms with E-state index in [4.69, 9.17) is 16.3 Å². The zero-order chi connectivity index (χ0) is 21.8. The highest BCUT2D eigenvalue weighted by atomic mass is 35.5. The van der Waals surface area contributed by atoms with E-state index in [-0.39, 0.29) is 23.6 Å². The number of hydrogen-bond acceptors (Lipinski definition) is 3. The van der Waals surface area contributed by atoms with Crippen molar-refractivity contribution >= 4 is 23.5 Å². The number of alkyl halides is 3. The van der Waals surface area contributed by atoms with Gasteiger partial charge in [0.05, 0.1) is 10.6 Å². The maximum Gasteiger partial charge on any atom is 0.418 e. The van der Waals surface area contributed by atoms with Gasteiger partial charge < -0.3 is 9.64 Å². The minimum Gasteiger partial charge on any atom is -0.461 e. The molecule has 4 nitrogen and oxygen atoms in total. The molecular weight excluding hydrogens is 407 g/mol. The lowest BCUT2D eigenvalue weighted by Crippen LogP contribution is -2.29. The summed E-state index contributed by atoms with van der Waals surface area (Å²) in [4.78, 5) is 24.7. The molecule has 0 unspecified atom stereocenters. The van der Waals surface area contributed by atoms with Gasteiger partial charge in [0.25, 0.3) is 0 Å². The van der Waals surface area contributed by atoms with Crippen molar-refractivity contribution < 1.29 is 27.5 Å². The smallest absolute Gasteiger partial charge is 0.418 e. The van der Waals surface area contributed by atoms with Crippen LogP contribution in [0.25, 0.3) is 11.1 Å². The third-order valence-electron chi connectivity index (χ3n) is 4.47. The van der Waals surface area contributed by atoms with Crippen LogP contribution in [0.15, 0.2) is 36.4 Å². The Morgan fingerprint density at radius 1 is 1.10 bits per heavy atom. The van der Waals surface area contributed by atoms with Gasteiger partial charge in [0.1, 0.15) is 6.61 Å². The number of hydrogen-bond donors (Lipinski definition) is 0.